The van der Waals surface area contributed by atoms with E-state index in [-0.39, 0.29) is 11.9 Å². The van der Waals surface area contributed by atoms with E-state index < -0.39 is 0 Å². The first-order chi connectivity index (χ1) is 10.7. The molecule has 2 unspecified atom stereocenters. The van der Waals surface area contributed by atoms with Gasteiger partial charge in [-0.05, 0) is 37.0 Å². The number of likely N-dealkylation sites (tertiary alicyclic amines) is 1. The zero-order valence-electron chi connectivity index (χ0n) is 13.1. The molecule has 22 heavy (non-hydrogen) atoms. The molecule has 3 rings (SSSR count). The summed E-state index contributed by atoms with van der Waals surface area (Å²) in [7, 11) is 0. The molecule has 0 radical (unpaired) electrons. The van der Waals surface area contributed by atoms with Crippen LogP contribution in [-0.4, -0.2) is 43.2 Å². The Morgan fingerprint density at radius 1 is 1.32 bits per heavy atom. The van der Waals surface area contributed by atoms with Gasteiger partial charge >= 0.3 is 0 Å². The van der Waals surface area contributed by atoms with E-state index in [9.17, 15) is 4.79 Å². The Morgan fingerprint density at radius 2 is 2.09 bits per heavy atom. The summed E-state index contributed by atoms with van der Waals surface area (Å²) in [6.45, 7) is 4.78. The molecule has 0 saturated carbocycles. The van der Waals surface area contributed by atoms with Crippen LogP contribution in [0.25, 0.3) is 0 Å². The van der Waals surface area contributed by atoms with Crippen molar-refractivity contribution in [1.29, 1.82) is 0 Å². The van der Waals surface area contributed by atoms with Crippen molar-refractivity contribution < 1.29 is 14.3 Å². The molecular formula is C17H24N2O3. The van der Waals surface area contributed by atoms with E-state index in [1.807, 2.05) is 17.0 Å². The van der Waals surface area contributed by atoms with Crippen molar-refractivity contribution in [2.45, 2.75) is 32.2 Å². The van der Waals surface area contributed by atoms with Gasteiger partial charge in [-0.3, -0.25) is 4.79 Å². The summed E-state index contributed by atoms with van der Waals surface area (Å²) in [6.07, 6.45) is 2.87. The number of hydrogen-bond donors (Lipinski definition) is 1. The fourth-order valence-corrected chi connectivity index (χ4v) is 3.20. The molecule has 2 aliphatic heterocycles. The maximum Gasteiger partial charge on any atom is 0.254 e. The Labute approximate surface area is 131 Å². The summed E-state index contributed by atoms with van der Waals surface area (Å²) in [4.78, 5) is 14.7. The fraction of sp³-hybridized carbons (Fsp3) is 0.588. The summed E-state index contributed by atoms with van der Waals surface area (Å²) in [5.74, 6) is 2.05. The van der Waals surface area contributed by atoms with Gasteiger partial charge in [-0.1, -0.05) is 6.92 Å². The van der Waals surface area contributed by atoms with Gasteiger partial charge in [-0.25, -0.2) is 0 Å². The Hall–Kier alpha value is -1.75. The maximum absolute atomic E-state index is 12.8. The molecule has 0 spiro atoms. The number of nitrogens with two attached hydrogens (primary N) is 1. The van der Waals surface area contributed by atoms with Gasteiger partial charge in [0.2, 0.25) is 0 Å². The number of nitrogens with zero attached hydrogens (tertiary/aromatic N) is 1. The number of ether oxygens (including phenoxy) is 2. The maximum atomic E-state index is 12.8. The molecule has 1 saturated heterocycles. The van der Waals surface area contributed by atoms with E-state index in [4.69, 9.17) is 15.2 Å². The van der Waals surface area contributed by atoms with Crippen LogP contribution >= 0.6 is 0 Å². The van der Waals surface area contributed by atoms with Gasteiger partial charge < -0.3 is 20.1 Å². The van der Waals surface area contributed by atoms with E-state index in [0.29, 0.717) is 37.0 Å². The predicted molar refractivity (Wildman–Crippen MR) is 84.3 cm³/mol. The third-order valence-corrected chi connectivity index (χ3v) is 4.51. The molecule has 120 valence electrons. The highest BCUT2D eigenvalue weighted by Crippen LogP contribution is 2.32. The molecule has 1 amide bonds. The van der Waals surface area contributed by atoms with Crippen LogP contribution in [0.15, 0.2) is 18.2 Å². The van der Waals surface area contributed by atoms with E-state index in [2.05, 4.69) is 6.92 Å². The Morgan fingerprint density at radius 3 is 2.86 bits per heavy atom. The van der Waals surface area contributed by atoms with Crippen molar-refractivity contribution in [3.05, 3.63) is 23.8 Å². The second-order valence-corrected chi connectivity index (χ2v) is 6.23. The summed E-state index contributed by atoms with van der Waals surface area (Å²) < 4.78 is 11.3. The summed E-state index contributed by atoms with van der Waals surface area (Å²) in [6, 6.07) is 5.58. The van der Waals surface area contributed by atoms with Gasteiger partial charge in [0.25, 0.3) is 5.91 Å². The summed E-state index contributed by atoms with van der Waals surface area (Å²) in [5.41, 5.74) is 6.51. The monoisotopic (exact) mass is 304 g/mol. The molecule has 2 aliphatic rings. The van der Waals surface area contributed by atoms with Crippen molar-refractivity contribution in [3.8, 4) is 11.5 Å². The van der Waals surface area contributed by atoms with Gasteiger partial charge in [0, 0.05) is 31.1 Å². The van der Waals surface area contributed by atoms with Crippen molar-refractivity contribution in [2.75, 3.05) is 26.3 Å². The van der Waals surface area contributed by atoms with Gasteiger partial charge in [0.15, 0.2) is 11.5 Å². The topological polar surface area (TPSA) is 64.8 Å². The van der Waals surface area contributed by atoms with Crippen LogP contribution in [0, 0.1) is 5.92 Å². The van der Waals surface area contributed by atoms with Crippen LogP contribution in [0.2, 0.25) is 0 Å². The van der Waals surface area contributed by atoms with Crippen LogP contribution < -0.4 is 15.2 Å². The lowest BCUT2D eigenvalue weighted by atomic mass is 9.92. The third kappa shape index (κ3) is 3.04. The second kappa shape index (κ2) is 6.57. The van der Waals surface area contributed by atoms with Crippen molar-refractivity contribution in [2.24, 2.45) is 11.7 Å². The van der Waals surface area contributed by atoms with Gasteiger partial charge in [0.05, 0.1) is 13.2 Å². The van der Waals surface area contributed by atoms with Crippen LogP contribution in [0.5, 0.6) is 11.5 Å². The lowest BCUT2D eigenvalue weighted by Crippen LogP contribution is -2.49. The van der Waals surface area contributed by atoms with Crippen LogP contribution in [0.3, 0.4) is 0 Å². The highest BCUT2D eigenvalue weighted by Gasteiger charge is 2.30. The first-order valence-electron chi connectivity index (χ1n) is 8.09. The number of hydrogen-bond acceptors (Lipinski definition) is 4. The molecule has 0 aromatic heterocycles. The standard InChI is InChI=1S/C17H24N2O3/c1-12-5-6-19(14(9-12)11-18)17(20)13-3-4-15-16(10-13)22-8-2-7-21-15/h3-4,10,12,14H,2,5-9,11,18H2,1H3. The molecule has 2 heterocycles. The number of piperidine rings is 1. The number of benzene rings is 1. The molecule has 0 bridgehead atoms. The van der Waals surface area contributed by atoms with Crippen LogP contribution in [-0.2, 0) is 0 Å². The zero-order chi connectivity index (χ0) is 15.5. The Bertz CT molecular complexity index is 547. The SMILES string of the molecule is CC1CCN(C(=O)c2ccc3c(c2)OCCCO3)C(CN)C1. The van der Waals surface area contributed by atoms with Crippen molar-refractivity contribution in [3.63, 3.8) is 0 Å². The first-order valence-corrected chi connectivity index (χ1v) is 8.09. The minimum Gasteiger partial charge on any atom is -0.490 e. The van der Waals surface area contributed by atoms with Gasteiger partial charge in [-0.2, -0.15) is 0 Å². The number of fused-ring (bicyclic) bond motifs is 1. The lowest BCUT2D eigenvalue weighted by molar-refractivity contribution is 0.0573. The van der Waals surface area contributed by atoms with E-state index in [1.165, 1.54) is 0 Å². The quantitative estimate of drug-likeness (QED) is 0.908. The largest absolute Gasteiger partial charge is 0.490 e. The van der Waals surface area contributed by atoms with Gasteiger partial charge in [0.1, 0.15) is 0 Å². The number of rotatable bonds is 2. The van der Waals surface area contributed by atoms with Gasteiger partial charge in [-0.15, -0.1) is 0 Å². The van der Waals surface area contributed by atoms with E-state index in [1.54, 1.807) is 6.07 Å². The minimum absolute atomic E-state index is 0.0398. The minimum atomic E-state index is 0.0398. The van der Waals surface area contributed by atoms with E-state index >= 15 is 0 Å². The predicted octanol–water partition coefficient (Wildman–Crippen LogP) is 2.05. The van der Waals surface area contributed by atoms with Crippen LogP contribution in [0.1, 0.15) is 36.5 Å². The molecule has 2 N–H and O–H groups in total. The first kappa shape index (κ1) is 15.2. The highest BCUT2D eigenvalue weighted by atomic mass is 16.5. The number of carbonyl (C=O) groups excluding carboxylic acids is 1. The molecule has 0 aliphatic carbocycles. The third-order valence-electron chi connectivity index (χ3n) is 4.51. The highest BCUT2D eigenvalue weighted by molar-refractivity contribution is 5.95. The lowest BCUT2D eigenvalue weighted by Gasteiger charge is -2.38. The van der Waals surface area contributed by atoms with E-state index in [0.717, 1.165) is 31.6 Å². The molecule has 5 nitrogen and oxygen atoms in total. The second-order valence-electron chi connectivity index (χ2n) is 6.23. The molecule has 1 aromatic rings. The average molecular weight is 304 g/mol. The molecule has 5 heteroatoms. The average Bonchev–Trinajstić information content (AvgIpc) is 2.78. The molecule has 2 atom stereocenters. The number of carbonyl (C=O) groups is 1. The zero-order valence-corrected chi connectivity index (χ0v) is 13.1. The molecule has 1 fully saturated rings. The fourth-order valence-electron chi connectivity index (χ4n) is 3.20. The smallest absolute Gasteiger partial charge is 0.254 e. The summed E-state index contributed by atoms with van der Waals surface area (Å²) in [5, 5.41) is 0. The van der Waals surface area contributed by atoms with Crippen LogP contribution in [0.4, 0.5) is 0 Å². The Balaban J connectivity index is 1.81. The van der Waals surface area contributed by atoms with Crippen molar-refractivity contribution in [1.82, 2.24) is 4.90 Å². The normalized spacial score (nSPS) is 24.7. The Kier molecular flexibility index (Phi) is 4.52. The van der Waals surface area contributed by atoms with Crippen molar-refractivity contribution >= 4 is 5.91 Å². The molecular weight excluding hydrogens is 280 g/mol. The summed E-state index contributed by atoms with van der Waals surface area (Å²) >= 11 is 0. The molecule has 1 aromatic carbocycles. The number of amides is 1.